The van der Waals surface area contributed by atoms with Crippen LogP contribution in [0.5, 0.6) is 0 Å². The van der Waals surface area contributed by atoms with Gasteiger partial charge >= 0.3 is 0 Å². The molecule has 8 heteroatoms. The monoisotopic (exact) mass is 534 g/mol. The first kappa shape index (κ1) is 25.3. The first-order valence-electron chi connectivity index (χ1n) is 14.3. The molecule has 1 unspecified atom stereocenters. The summed E-state index contributed by atoms with van der Waals surface area (Å²) in [6, 6.07) is 21.5. The third-order valence-electron chi connectivity index (χ3n) is 8.89. The van der Waals surface area contributed by atoms with Crippen LogP contribution >= 0.6 is 0 Å². The average Bonchev–Trinajstić information content (AvgIpc) is 3.43. The molecule has 8 nitrogen and oxygen atoms in total. The Hall–Kier alpha value is -3.69. The molecule has 4 heterocycles. The van der Waals surface area contributed by atoms with Gasteiger partial charge in [0, 0.05) is 50.8 Å². The molecule has 1 saturated carbocycles. The van der Waals surface area contributed by atoms with E-state index in [2.05, 4.69) is 85.6 Å². The molecular formula is C32H36N7O+. The first-order chi connectivity index (χ1) is 19.7. The smallest absolute Gasteiger partial charge is 0.225 e. The van der Waals surface area contributed by atoms with Crippen molar-refractivity contribution in [2.24, 2.45) is 9.98 Å². The number of allylic oxidation sites excluding steroid dienone is 1. The molecule has 3 aromatic rings. The Bertz CT molecular complexity index is 1500. The van der Waals surface area contributed by atoms with Crippen molar-refractivity contribution < 1.29 is 9.33 Å². The van der Waals surface area contributed by atoms with Crippen LogP contribution in [0.2, 0.25) is 0 Å². The van der Waals surface area contributed by atoms with Crippen LogP contribution in [0, 0.1) is 0 Å². The minimum atomic E-state index is -0.136. The lowest BCUT2D eigenvalue weighted by molar-refractivity contribution is -0.754. The second kappa shape index (κ2) is 10.4. The molecule has 1 saturated heterocycles. The van der Waals surface area contributed by atoms with E-state index in [1.54, 1.807) is 7.11 Å². The fraction of sp³-hybridized carbons (Fsp3) is 0.344. The van der Waals surface area contributed by atoms with E-state index in [1.807, 2.05) is 31.0 Å². The van der Waals surface area contributed by atoms with Crippen molar-refractivity contribution in [2.45, 2.75) is 24.9 Å². The number of methoxy groups -OCH3 is 1. The van der Waals surface area contributed by atoms with Crippen molar-refractivity contribution in [2.75, 3.05) is 51.4 Å². The highest BCUT2D eigenvalue weighted by molar-refractivity contribution is 5.86. The number of quaternary nitrogens is 1. The first-order valence-corrected chi connectivity index (χ1v) is 14.3. The number of hydrogen-bond donors (Lipinski definition) is 0. The number of rotatable bonds is 8. The maximum absolute atomic E-state index is 5.35. The molecule has 2 aromatic carbocycles. The molecule has 40 heavy (non-hydrogen) atoms. The maximum atomic E-state index is 5.35. The summed E-state index contributed by atoms with van der Waals surface area (Å²) in [5.41, 5.74) is 5.18. The standard InChI is InChI=1S/C32H36N7O/c1-40-21-19-36-15-17-37(18-16-36)32(12-5-13-32)38(39-20-14-33-23-29(39)24-34-25-39)28-10-8-27-9-11-30(35-31(27)22-28)26-6-3-2-4-7-26/h2-4,6-11,14,20,22-25H,5,12-13,15-19,21H2,1H3/q+1. The Labute approximate surface area is 235 Å². The van der Waals surface area contributed by atoms with Crippen LogP contribution in [0.25, 0.3) is 22.2 Å². The number of aromatic nitrogens is 1. The molecule has 0 spiro atoms. The second-order valence-corrected chi connectivity index (χ2v) is 11.0. The van der Waals surface area contributed by atoms with Crippen LogP contribution in [0.3, 0.4) is 0 Å². The molecule has 0 amide bonds. The maximum Gasteiger partial charge on any atom is 0.225 e. The van der Waals surface area contributed by atoms with Crippen LogP contribution in [-0.4, -0.2) is 84.0 Å². The van der Waals surface area contributed by atoms with Crippen LogP contribution in [-0.2, 0) is 4.74 Å². The van der Waals surface area contributed by atoms with Crippen molar-refractivity contribution in [3.05, 3.63) is 85.0 Å². The lowest BCUT2D eigenvalue weighted by Gasteiger charge is -2.60. The number of fused-ring (bicyclic) bond motifs is 2. The minimum Gasteiger partial charge on any atom is -0.383 e. The van der Waals surface area contributed by atoms with Crippen LogP contribution in [0.4, 0.5) is 5.69 Å². The molecule has 7 rings (SSSR count). The quantitative estimate of drug-likeness (QED) is 0.380. The van der Waals surface area contributed by atoms with Gasteiger partial charge in [0.2, 0.25) is 12.0 Å². The molecule has 204 valence electrons. The molecule has 0 bridgehead atoms. The highest BCUT2D eigenvalue weighted by Crippen LogP contribution is 2.49. The predicted octanol–water partition coefficient (Wildman–Crippen LogP) is 5.02. The number of nitrogens with zero attached hydrogens (tertiary/aromatic N) is 7. The number of hydrogen-bond acceptors (Lipinski definition) is 7. The average molecular weight is 535 g/mol. The van der Waals surface area contributed by atoms with Crippen LogP contribution < -0.4 is 5.01 Å². The summed E-state index contributed by atoms with van der Waals surface area (Å²) in [6.45, 7) is 5.91. The third kappa shape index (κ3) is 4.19. The Morgan fingerprint density at radius 1 is 0.975 bits per heavy atom. The van der Waals surface area contributed by atoms with E-state index in [4.69, 9.17) is 9.72 Å². The fourth-order valence-electron chi connectivity index (χ4n) is 6.62. The van der Waals surface area contributed by atoms with Crippen LogP contribution in [0.1, 0.15) is 19.3 Å². The number of aliphatic imine (C=N–C) groups is 2. The van der Waals surface area contributed by atoms with Crippen molar-refractivity contribution in [3.8, 4) is 11.3 Å². The van der Waals surface area contributed by atoms with Gasteiger partial charge < -0.3 is 4.74 Å². The molecule has 3 aliphatic heterocycles. The topological polar surface area (TPSA) is 56.6 Å². The van der Waals surface area contributed by atoms with Crippen molar-refractivity contribution in [1.29, 1.82) is 0 Å². The van der Waals surface area contributed by atoms with E-state index in [1.165, 1.54) is 6.42 Å². The molecule has 2 fully saturated rings. The van der Waals surface area contributed by atoms with Gasteiger partial charge in [-0.1, -0.05) is 42.5 Å². The Balaban J connectivity index is 1.32. The van der Waals surface area contributed by atoms with Crippen molar-refractivity contribution in [3.63, 3.8) is 0 Å². The van der Waals surface area contributed by atoms with Crippen molar-refractivity contribution in [1.82, 2.24) is 14.8 Å². The predicted molar refractivity (Wildman–Crippen MR) is 161 cm³/mol. The van der Waals surface area contributed by atoms with Gasteiger partial charge in [-0.3, -0.25) is 14.8 Å². The van der Waals surface area contributed by atoms with Gasteiger partial charge in [-0.05, 0) is 37.5 Å². The van der Waals surface area contributed by atoms with Gasteiger partial charge in [0.15, 0.2) is 6.20 Å². The summed E-state index contributed by atoms with van der Waals surface area (Å²) in [4.78, 5) is 19.5. The summed E-state index contributed by atoms with van der Waals surface area (Å²) >= 11 is 0. The third-order valence-corrected chi connectivity index (χ3v) is 8.89. The molecular weight excluding hydrogens is 498 g/mol. The fourth-order valence-corrected chi connectivity index (χ4v) is 6.62. The molecule has 1 aliphatic carbocycles. The van der Waals surface area contributed by atoms with E-state index < -0.39 is 0 Å². The number of anilines is 1. The zero-order valence-electron chi connectivity index (χ0n) is 23.1. The van der Waals surface area contributed by atoms with Crippen LogP contribution in [0.15, 0.2) is 94.9 Å². The summed E-state index contributed by atoms with van der Waals surface area (Å²) in [7, 11) is 1.78. The summed E-state index contributed by atoms with van der Waals surface area (Å²) in [6.07, 6.45) is 13.4. The Morgan fingerprint density at radius 3 is 2.58 bits per heavy atom. The Kier molecular flexibility index (Phi) is 6.56. The van der Waals surface area contributed by atoms with Gasteiger partial charge in [0.1, 0.15) is 5.66 Å². The molecule has 4 aliphatic rings. The number of pyridine rings is 1. The molecule has 0 N–H and O–H groups in total. The minimum absolute atomic E-state index is 0.136. The highest BCUT2D eigenvalue weighted by atomic mass is 16.5. The summed E-state index contributed by atoms with van der Waals surface area (Å²) in [5.74, 6) is 0. The van der Waals surface area contributed by atoms with Gasteiger partial charge in [-0.25, -0.2) is 9.98 Å². The largest absolute Gasteiger partial charge is 0.383 e. The van der Waals surface area contributed by atoms with Gasteiger partial charge in [0.05, 0.1) is 42.1 Å². The highest BCUT2D eigenvalue weighted by Gasteiger charge is 2.58. The van der Waals surface area contributed by atoms with Crippen molar-refractivity contribution >= 4 is 29.1 Å². The molecule has 0 radical (unpaired) electrons. The zero-order chi connectivity index (χ0) is 27.0. The molecule has 1 aromatic heterocycles. The van der Waals surface area contributed by atoms with Gasteiger partial charge in [-0.2, -0.15) is 5.01 Å². The van der Waals surface area contributed by atoms with E-state index in [0.29, 0.717) is 4.59 Å². The second-order valence-electron chi connectivity index (χ2n) is 11.0. The van der Waals surface area contributed by atoms with Gasteiger partial charge in [-0.15, -0.1) is 4.59 Å². The van der Waals surface area contributed by atoms with E-state index >= 15 is 0 Å². The summed E-state index contributed by atoms with van der Waals surface area (Å²) < 4.78 is 5.77. The SMILES string of the molecule is COCCN1CCN(C2(N(c3ccc4ccc(-c5ccccc5)nc4c3)[N+]34C=CN=CC3=CN=C4)CCC2)CC1. The Morgan fingerprint density at radius 2 is 1.80 bits per heavy atom. The van der Waals surface area contributed by atoms with Gasteiger partial charge in [0.25, 0.3) is 0 Å². The summed E-state index contributed by atoms with van der Waals surface area (Å²) in [5, 5.41) is 3.72. The van der Waals surface area contributed by atoms with E-state index in [0.717, 1.165) is 85.7 Å². The number of piperazine rings is 1. The molecule has 1 atom stereocenters. The number of benzene rings is 2. The van der Waals surface area contributed by atoms with E-state index in [9.17, 15) is 0 Å². The normalized spacial score (nSPS) is 23.7. The number of ether oxygens (including phenoxy) is 1. The lowest BCUT2D eigenvalue weighted by Crippen LogP contribution is -2.75. The van der Waals surface area contributed by atoms with E-state index in [-0.39, 0.29) is 5.66 Å². The lowest BCUT2D eigenvalue weighted by atomic mass is 9.81. The zero-order valence-corrected chi connectivity index (χ0v) is 23.1.